The summed E-state index contributed by atoms with van der Waals surface area (Å²) in [6.45, 7) is 8.12. The lowest BCUT2D eigenvalue weighted by molar-refractivity contribution is 0.0950. The molecular formula is C17H25FN2O. The van der Waals surface area contributed by atoms with E-state index in [1.54, 1.807) is 13.0 Å². The van der Waals surface area contributed by atoms with Crippen LogP contribution in [0.15, 0.2) is 18.2 Å². The van der Waals surface area contributed by atoms with Crippen molar-refractivity contribution in [3.63, 3.8) is 0 Å². The zero-order valence-electron chi connectivity index (χ0n) is 13.0. The first-order chi connectivity index (χ1) is 10.1. The number of amides is 1. The third-order valence-corrected chi connectivity index (χ3v) is 4.25. The van der Waals surface area contributed by atoms with Crippen LogP contribution >= 0.6 is 0 Å². The van der Waals surface area contributed by atoms with Gasteiger partial charge in [0.1, 0.15) is 5.82 Å². The fourth-order valence-corrected chi connectivity index (χ4v) is 2.77. The summed E-state index contributed by atoms with van der Waals surface area (Å²) in [6.07, 6.45) is 3.52. The van der Waals surface area contributed by atoms with Gasteiger partial charge in [0.2, 0.25) is 0 Å². The Morgan fingerprint density at radius 1 is 1.38 bits per heavy atom. The maximum Gasteiger partial charge on any atom is 0.251 e. The van der Waals surface area contributed by atoms with Crippen LogP contribution in [0.25, 0.3) is 0 Å². The Labute approximate surface area is 126 Å². The lowest BCUT2D eigenvalue weighted by Gasteiger charge is -2.30. The highest BCUT2D eigenvalue weighted by Crippen LogP contribution is 2.15. The zero-order valence-corrected chi connectivity index (χ0v) is 13.0. The molecule has 1 aliphatic heterocycles. The van der Waals surface area contributed by atoms with Gasteiger partial charge in [0, 0.05) is 12.1 Å². The van der Waals surface area contributed by atoms with Gasteiger partial charge >= 0.3 is 0 Å². The topological polar surface area (TPSA) is 32.3 Å². The van der Waals surface area contributed by atoms with Gasteiger partial charge in [-0.1, -0.05) is 6.92 Å². The molecule has 2 rings (SSSR count). The molecule has 0 atom stereocenters. The Balaban J connectivity index is 1.69. The molecule has 21 heavy (non-hydrogen) atoms. The molecule has 0 bridgehead atoms. The monoisotopic (exact) mass is 292 g/mol. The van der Waals surface area contributed by atoms with Crippen LogP contribution in [-0.2, 0) is 0 Å². The number of hydrogen-bond donors (Lipinski definition) is 1. The molecule has 0 radical (unpaired) electrons. The van der Waals surface area contributed by atoms with Crippen molar-refractivity contribution in [1.82, 2.24) is 10.2 Å². The van der Waals surface area contributed by atoms with Gasteiger partial charge in [-0.2, -0.15) is 0 Å². The van der Waals surface area contributed by atoms with Gasteiger partial charge in [-0.3, -0.25) is 4.79 Å². The largest absolute Gasteiger partial charge is 0.352 e. The number of carbonyl (C=O) groups is 1. The molecule has 1 amide bonds. The molecule has 0 saturated carbocycles. The average molecular weight is 292 g/mol. The van der Waals surface area contributed by atoms with Crippen LogP contribution in [0, 0.1) is 18.7 Å². The van der Waals surface area contributed by atoms with Gasteiger partial charge in [-0.15, -0.1) is 0 Å². The van der Waals surface area contributed by atoms with E-state index in [4.69, 9.17) is 0 Å². The summed E-state index contributed by atoms with van der Waals surface area (Å²) in [5.41, 5.74) is 1.24. The molecule has 0 unspecified atom stereocenters. The fourth-order valence-electron chi connectivity index (χ4n) is 2.77. The highest BCUT2D eigenvalue weighted by Gasteiger charge is 2.15. The van der Waals surface area contributed by atoms with E-state index in [1.165, 1.54) is 38.1 Å². The van der Waals surface area contributed by atoms with Gasteiger partial charge in [0.25, 0.3) is 5.91 Å². The number of nitrogens with zero attached hydrogens (tertiary/aromatic N) is 1. The molecule has 1 fully saturated rings. The van der Waals surface area contributed by atoms with E-state index in [1.807, 2.05) is 0 Å². The Morgan fingerprint density at radius 2 is 2.10 bits per heavy atom. The fraction of sp³-hybridized carbons (Fsp3) is 0.588. The van der Waals surface area contributed by atoms with Crippen LogP contribution in [-0.4, -0.2) is 37.0 Å². The summed E-state index contributed by atoms with van der Waals surface area (Å²) in [6, 6.07) is 4.27. The first kappa shape index (κ1) is 16.0. The number of carbonyl (C=O) groups excluding carboxylic acids is 1. The highest BCUT2D eigenvalue weighted by molar-refractivity contribution is 5.95. The van der Waals surface area contributed by atoms with Crippen LogP contribution in [0.3, 0.4) is 0 Å². The van der Waals surface area contributed by atoms with Crippen molar-refractivity contribution in [2.24, 2.45) is 5.92 Å². The van der Waals surface area contributed by atoms with Crippen molar-refractivity contribution in [3.05, 3.63) is 35.1 Å². The van der Waals surface area contributed by atoms with Crippen LogP contribution in [0.2, 0.25) is 0 Å². The molecule has 1 N–H and O–H groups in total. The summed E-state index contributed by atoms with van der Waals surface area (Å²) in [5.74, 6) is 0.436. The van der Waals surface area contributed by atoms with E-state index in [0.29, 0.717) is 17.7 Å². The predicted molar refractivity (Wildman–Crippen MR) is 82.9 cm³/mol. The van der Waals surface area contributed by atoms with Gasteiger partial charge in [0.15, 0.2) is 0 Å². The molecule has 1 aliphatic rings. The van der Waals surface area contributed by atoms with E-state index in [0.717, 1.165) is 18.9 Å². The number of hydrogen-bond acceptors (Lipinski definition) is 2. The van der Waals surface area contributed by atoms with Crippen molar-refractivity contribution < 1.29 is 9.18 Å². The second-order valence-corrected chi connectivity index (χ2v) is 6.09. The average Bonchev–Trinajstić information content (AvgIpc) is 2.45. The number of benzene rings is 1. The standard InChI is InChI=1S/C17H25FN2O/c1-13-6-10-20(11-7-13)9-3-8-19-17(21)16-5-4-15(18)12-14(16)2/h4-5,12-13H,3,6-11H2,1-2H3,(H,19,21). The van der Waals surface area contributed by atoms with Crippen molar-refractivity contribution in [1.29, 1.82) is 0 Å². The van der Waals surface area contributed by atoms with Gasteiger partial charge in [-0.25, -0.2) is 4.39 Å². The summed E-state index contributed by atoms with van der Waals surface area (Å²) < 4.78 is 13.0. The van der Waals surface area contributed by atoms with Crippen molar-refractivity contribution in [3.8, 4) is 0 Å². The lowest BCUT2D eigenvalue weighted by Crippen LogP contribution is -2.35. The Bertz CT molecular complexity index is 482. The molecule has 1 saturated heterocycles. The molecular weight excluding hydrogens is 267 g/mol. The first-order valence-electron chi connectivity index (χ1n) is 7.83. The second-order valence-electron chi connectivity index (χ2n) is 6.09. The summed E-state index contributed by atoms with van der Waals surface area (Å²) in [4.78, 5) is 14.5. The first-order valence-corrected chi connectivity index (χ1v) is 7.83. The summed E-state index contributed by atoms with van der Waals surface area (Å²) >= 11 is 0. The normalized spacial score (nSPS) is 16.9. The minimum Gasteiger partial charge on any atom is -0.352 e. The maximum absolute atomic E-state index is 13.0. The molecule has 0 aliphatic carbocycles. The molecule has 1 heterocycles. The maximum atomic E-state index is 13.0. The minimum absolute atomic E-state index is 0.111. The highest BCUT2D eigenvalue weighted by atomic mass is 19.1. The minimum atomic E-state index is -0.302. The number of nitrogens with one attached hydrogen (secondary N) is 1. The second kappa shape index (κ2) is 7.55. The number of piperidine rings is 1. The van der Waals surface area contributed by atoms with E-state index < -0.39 is 0 Å². The predicted octanol–water partition coefficient (Wildman–Crippen LogP) is 2.99. The molecule has 116 valence electrons. The Kier molecular flexibility index (Phi) is 5.74. The van der Waals surface area contributed by atoms with E-state index >= 15 is 0 Å². The molecule has 4 heteroatoms. The SMILES string of the molecule is Cc1cc(F)ccc1C(=O)NCCCN1CCC(C)CC1. The quantitative estimate of drug-likeness (QED) is 0.846. The molecule has 0 spiro atoms. The van der Waals surface area contributed by atoms with E-state index in [9.17, 15) is 9.18 Å². The van der Waals surface area contributed by atoms with Crippen molar-refractivity contribution in [2.45, 2.75) is 33.1 Å². The molecule has 3 nitrogen and oxygen atoms in total. The van der Waals surface area contributed by atoms with Gasteiger partial charge in [-0.05, 0) is 75.5 Å². The van der Waals surface area contributed by atoms with Gasteiger partial charge < -0.3 is 10.2 Å². The third-order valence-electron chi connectivity index (χ3n) is 4.25. The number of rotatable bonds is 5. The molecule has 1 aromatic rings. The number of likely N-dealkylation sites (tertiary alicyclic amines) is 1. The zero-order chi connectivity index (χ0) is 15.2. The van der Waals surface area contributed by atoms with Crippen molar-refractivity contribution in [2.75, 3.05) is 26.2 Å². The van der Waals surface area contributed by atoms with Crippen LogP contribution in [0.1, 0.15) is 42.1 Å². The van der Waals surface area contributed by atoms with E-state index in [2.05, 4.69) is 17.1 Å². The van der Waals surface area contributed by atoms with Gasteiger partial charge in [0.05, 0.1) is 0 Å². The van der Waals surface area contributed by atoms with Crippen LogP contribution in [0.5, 0.6) is 0 Å². The van der Waals surface area contributed by atoms with Crippen LogP contribution in [0.4, 0.5) is 4.39 Å². The molecule has 0 aromatic heterocycles. The Hall–Kier alpha value is -1.42. The Morgan fingerprint density at radius 3 is 2.76 bits per heavy atom. The molecule has 1 aromatic carbocycles. The lowest BCUT2D eigenvalue weighted by atomic mass is 9.99. The van der Waals surface area contributed by atoms with E-state index in [-0.39, 0.29) is 11.7 Å². The van der Waals surface area contributed by atoms with Crippen LogP contribution < -0.4 is 5.32 Å². The summed E-state index contributed by atoms with van der Waals surface area (Å²) in [5, 5.41) is 2.92. The summed E-state index contributed by atoms with van der Waals surface area (Å²) in [7, 11) is 0. The van der Waals surface area contributed by atoms with Crippen molar-refractivity contribution >= 4 is 5.91 Å². The third kappa shape index (κ3) is 4.81. The smallest absolute Gasteiger partial charge is 0.251 e. The number of halogens is 1. The number of aryl methyl sites for hydroxylation is 1.